The van der Waals surface area contributed by atoms with Gasteiger partial charge >= 0.3 is 0 Å². The van der Waals surface area contributed by atoms with Crippen molar-refractivity contribution in [1.29, 1.82) is 0 Å². The molecule has 1 unspecified atom stereocenters. The van der Waals surface area contributed by atoms with Gasteiger partial charge in [-0.3, -0.25) is 4.79 Å². The molecule has 0 aliphatic carbocycles. The first kappa shape index (κ1) is 18.4. The van der Waals surface area contributed by atoms with Gasteiger partial charge in [-0.05, 0) is 57.5 Å². The Hall–Kier alpha value is -2.41. The smallest absolute Gasteiger partial charge is 0.276 e. The van der Waals surface area contributed by atoms with E-state index in [2.05, 4.69) is 15.6 Å². The Morgan fingerprint density at radius 2 is 2.12 bits per heavy atom. The van der Waals surface area contributed by atoms with E-state index in [0.717, 1.165) is 36.6 Å². The van der Waals surface area contributed by atoms with E-state index in [1.54, 1.807) is 9.58 Å². The number of carbonyl (C=O) groups is 1. The van der Waals surface area contributed by atoms with Crippen molar-refractivity contribution in [2.45, 2.75) is 45.8 Å². The summed E-state index contributed by atoms with van der Waals surface area (Å²) >= 11 is 0. The van der Waals surface area contributed by atoms with Crippen molar-refractivity contribution < 1.29 is 9.53 Å². The maximum absolute atomic E-state index is 12.9. The zero-order valence-electron chi connectivity index (χ0n) is 15.9. The van der Waals surface area contributed by atoms with Gasteiger partial charge in [0.15, 0.2) is 5.69 Å². The van der Waals surface area contributed by atoms with Gasteiger partial charge in [0.2, 0.25) is 0 Å². The van der Waals surface area contributed by atoms with Gasteiger partial charge < -0.3 is 15.0 Å². The maximum atomic E-state index is 12.9. The fourth-order valence-corrected chi connectivity index (χ4v) is 3.23. The van der Waals surface area contributed by atoms with E-state index in [4.69, 9.17) is 4.74 Å². The third kappa shape index (κ3) is 3.72. The van der Waals surface area contributed by atoms with Crippen LogP contribution in [0.25, 0.3) is 5.69 Å². The molecule has 1 saturated heterocycles. The number of benzene rings is 1. The van der Waals surface area contributed by atoms with Crippen LogP contribution in [0.4, 0.5) is 0 Å². The van der Waals surface area contributed by atoms with Gasteiger partial charge in [0.25, 0.3) is 5.91 Å². The highest BCUT2D eigenvalue weighted by atomic mass is 16.5. The lowest BCUT2D eigenvalue weighted by Gasteiger charge is -2.23. The topological polar surface area (TPSA) is 72.3 Å². The number of hydrogen-bond acceptors (Lipinski definition) is 5. The molecule has 7 heteroatoms. The number of rotatable bonds is 6. The van der Waals surface area contributed by atoms with E-state index in [-0.39, 0.29) is 18.1 Å². The van der Waals surface area contributed by atoms with Crippen LogP contribution in [0.15, 0.2) is 24.3 Å². The van der Waals surface area contributed by atoms with Crippen LogP contribution in [0.5, 0.6) is 5.75 Å². The van der Waals surface area contributed by atoms with Gasteiger partial charge in [-0.2, -0.15) is 0 Å². The molecule has 1 N–H and O–H groups in total. The molecule has 1 aromatic carbocycles. The molecule has 26 heavy (non-hydrogen) atoms. The maximum Gasteiger partial charge on any atom is 0.276 e. The number of ether oxygens (including phenoxy) is 1. The van der Waals surface area contributed by atoms with E-state index in [1.807, 2.05) is 52.1 Å². The summed E-state index contributed by atoms with van der Waals surface area (Å²) in [4.78, 5) is 14.7. The molecule has 3 rings (SSSR count). The van der Waals surface area contributed by atoms with Crippen molar-refractivity contribution in [3.05, 3.63) is 35.7 Å². The average molecular weight is 357 g/mol. The second-order valence-electron chi connectivity index (χ2n) is 6.87. The van der Waals surface area contributed by atoms with Crippen molar-refractivity contribution in [2.24, 2.45) is 0 Å². The predicted molar refractivity (Wildman–Crippen MR) is 99.9 cm³/mol. The van der Waals surface area contributed by atoms with Crippen LogP contribution < -0.4 is 10.1 Å². The lowest BCUT2D eigenvalue weighted by molar-refractivity contribution is 0.0736. The van der Waals surface area contributed by atoms with Crippen LogP contribution in [-0.4, -0.2) is 58.1 Å². The number of hydrogen-bond donors (Lipinski definition) is 1. The molecule has 0 bridgehead atoms. The summed E-state index contributed by atoms with van der Waals surface area (Å²) in [7, 11) is 1.84. The van der Waals surface area contributed by atoms with Crippen LogP contribution in [0, 0.1) is 0 Å². The average Bonchev–Trinajstić information content (AvgIpc) is 3.30. The molecule has 0 spiro atoms. The lowest BCUT2D eigenvalue weighted by Crippen LogP contribution is -2.39. The van der Waals surface area contributed by atoms with E-state index in [1.165, 1.54) is 0 Å². The Bertz CT molecular complexity index is 748. The zero-order valence-corrected chi connectivity index (χ0v) is 15.9. The largest absolute Gasteiger partial charge is 0.491 e. The first-order chi connectivity index (χ1) is 12.5. The Morgan fingerprint density at radius 1 is 1.38 bits per heavy atom. The van der Waals surface area contributed by atoms with Gasteiger partial charge in [-0.1, -0.05) is 12.1 Å². The third-order valence-corrected chi connectivity index (χ3v) is 4.66. The van der Waals surface area contributed by atoms with Crippen LogP contribution in [0.2, 0.25) is 0 Å². The van der Waals surface area contributed by atoms with Crippen LogP contribution in [0.1, 0.15) is 43.4 Å². The summed E-state index contributed by atoms with van der Waals surface area (Å²) in [6.07, 6.45) is 1.77. The highest BCUT2D eigenvalue weighted by Gasteiger charge is 2.28. The summed E-state index contributed by atoms with van der Waals surface area (Å²) in [5, 5.41) is 11.7. The minimum Gasteiger partial charge on any atom is -0.491 e. The summed E-state index contributed by atoms with van der Waals surface area (Å²) in [6.45, 7) is 7.78. The first-order valence-electron chi connectivity index (χ1n) is 9.20. The van der Waals surface area contributed by atoms with Crippen LogP contribution in [-0.2, 0) is 6.42 Å². The van der Waals surface area contributed by atoms with Gasteiger partial charge in [-0.15, -0.1) is 5.10 Å². The third-order valence-electron chi connectivity index (χ3n) is 4.66. The van der Waals surface area contributed by atoms with Crippen LogP contribution in [0.3, 0.4) is 0 Å². The van der Waals surface area contributed by atoms with Gasteiger partial charge in [0.05, 0.1) is 17.5 Å². The molecule has 2 aromatic rings. The number of aromatic nitrogens is 3. The predicted octanol–water partition coefficient (Wildman–Crippen LogP) is 2.05. The summed E-state index contributed by atoms with van der Waals surface area (Å²) in [5.41, 5.74) is 2.13. The standard InChI is InChI=1S/C19H27N5O2/c1-5-17-18(19(25)23(4)15-10-11-20-12-15)21-22-24(17)14-6-8-16(9-7-14)26-13(2)3/h6-9,13,15,20H,5,10-12H2,1-4H3. The molecule has 1 amide bonds. The molecule has 1 fully saturated rings. The molecule has 0 radical (unpaired) electrons. The van der Waals surface area contributed by atoms with Crippen LogP contribution >= 0.6 is 0 Å². The van der Waals surface area contributed by atoms with Gasteiger partial charge in [0.1, 0.15) is 5.75 Å². The molecule has 1 aliphatic heterocycles. The fraction of sp³-hybridized carbons (Fsp3) is 0.526. The van der Waals surface area contributed by atoms with Crippen molar-refractivity contribution in [1.82, 2.24) is 25.2 Å². The fourth-order valence-electron chi connectivity index (χ4n) is 3.23. The minimum absolute atomic E-state index is 0.0680. The van der Waals surface area contributed by atoms with Crippen molar-refractivity contribution in [3.63, 3.8) is 0 Å². The number of amides is 1. The highest BCUT2D eigenvalue weighted by molar-refractivity contribution is 5.93. The normalized spacial score (nSPS) is 16.9. The summed E-state index contributed by atoms with van der Waals surface area (Å²) in [6, 6.07) is 7.90. The second-order valence-corrected chi connectivity index (χ2v) is 6.87. The highest BCUT2D eigenvalue weighted by Crippen LogP contribution is 2.20. The zero-order chi connectivity index (χ0) is 18.7. The lowest BCUT2D eigenvalue weighted by atomic mass is 10.2. The van der Waals surface area contributed by atoms with E-state index in [0.29, 0.717) is 12.1 Å². The quantitative estimate of drug-likeness (QED) is 0.857. The molecule has 7 nitrogen and oxygen atoms in total. The summed E-state index contributed by atoms with van der Waals surface area (Å²) in [5.74, 6) is 0.744. The van der Waals surface area contributed by atoms with Crippen molar-refractivity contribution in [2.75, 3.05) is 20.1 Å². The van der Waals surface area contributed by atoms with Gasteiger partial charge in [-0.25, -0.2) is 4.68 Å². The Morgan fingerprint density at radius 3 is 2.69 bits per heavy atom. The number of likely N-dealkylation sites (N-methyl/N-ethyl adjacent to an activating group) is 1. The molecular weight excluding hydrogens is 330 g/mol. The molecule has 140 valence electrons. The molecular formula is C19H27N5O2. The Kier molecular flexibility index (Phi) is 5.56. The number of nitrogens with zero attached hydrogens (tertiary/aromatic N) is 4. The Labute approximate surface area is 154 Å². The molecule has 1 aliphatic rings. The Balaban J connectivity index is 1.84. The molecule has 1 atom stereocenters. The molecule has 0 saturated carbocycles. The monoisotopic (exact) mass is 357 g/mol. The first-order valence-corrected chi connectivity index (χ1v) is 9.20. The summed E-state index contributed by atoms with van der Waals surface area (Å²) < 4.78 is 7.42. The minimum atomic E-state index is -0.0680. The van der Waals surface area contributed by atoms with E-state index >= 15 is 0 Å². The molecule has 1 aromatic heterocycles. The van der Waals surface area contributed by atoms with Crippen molar-refractivity contribution >= 4 is 5.91 Å². The SMILES string of the molecule is CCc1c(C(=O)N(C)C2CCNC2)nnn1-c1ccc(OC(C)C)cc1. The van der Waals surface area contributed by atoms with Gasteiger partial charge in [0, 0.05) is 19.6 Å². The molecule has 2 heterocycles. The number of nitrogens with one attached hydrogen (secondary N) is 1. The number of carbonyl (C=O) groups excluding carboxylic acids is 1. The van der Waals surface area contributed by atoms with E-state index < -0.39 is 0 Å². The van der Waals surface area contributed by atoms with E-state index in [9.17, 15) is 4.79 Å². The van der Waals surface area contributed by atoms with Crippen molar-refractivity contribution in [3.8, 4) is 11.4 Å². The second kappa shape index (κ2) is 7.86.